The summed E-state index contributed by atoms with van der Waals surface area (Å²) in [5.41, 5.74) is 1.26. The molecule has 2 aromatic carbocycles. The van der Waals surface area contributed by atoms with Crippen molar-refractivity contribution in [3.8, 4) is 0 Å². The van der Waals surface area contributed by atoms with Gasteiger partial charge in [-0.15, -0.1) is 11.8 Å². The Morgan fingerprint density at radius 1 is 1.11 bits per heavy atom. The quantitative estimate of drug-likeness (QED) is 0.743. The third kappa shape index (κ3) is 4.53. The van der Waals surface area contributed by atoms with Gasteiger partial charge in [0.05, 0.1) is 0 Å². The molecule has 0 heterocycles. The lowest BCUT2D eigenvalue weighted by Crippen LogP contribution is -2.18. The Kier molecular flexibility index (Phi) is 5.76. The highest BCUT2D eigenvalue weighted by Gasteiger charge is 2.09. The zero-order chi connectivity index (χ0) is 13.7. The van der Waals surface area contributed by atoms with Crippen molar-refractivity contribution in [2.75, 3.05) is 12.8 Å². The van der Waals surface area contributed by atoms with E-state index in [2.05, 4.69) is 57.6 Å². The van der Waals surface area contributed by atoms with Crippen molar-refractivity contribution in [2.24, 2.45) is 0 Å². The summed E-state index contributed by atoms with van der Waals surface area (Å²) < 4.78 is 1.11. The first kappa shape index (κ1) is 14.9. The van der Waals surface area contributed by atoms with E-state index in [1.165, 1.54) is 10.5 Å². The monoisotopic (exact) mass is 355 g/mol. The standard InChI is InChI=1S/C15H15BrClNS/c1-18-15(11-2-6-13(17)7-3-11)10-19-14-8-4-12(16)5-9-14/h2-9,15,18H,10H2,1H3. The summed E-state index contributed by atoms with van der Waals surface area (Å²) in [6.07, 6.45) is 0. The molecule has 2 rings (SSSR count). The van der Waals surface area contributed by atoms with E-state index in [0.717, 1.165) is 15.2 Å². The van der Waals surface area contributed by atoms with Crippen LogP contribution in [0.2, 0.25) is 5.02 Å². The van der Waals surface area contributed by atoms with E-state index in [9.17, 15) is 0 Å². The van der Waals surface area contributed by atoms with Gasteiger partial charge in [-0.1, -0.05) is 39.7 Å². The summed E-state index contributed by atoms with van der Waals surface area (Å²) in [4.78, 5) is 1.28. The van der Waals surface area contributed by atoms with Gasteiger partial charge in [-0.25, -0.2) is 0 Å². The molecule has 0 aliphatic heterocycles. The molecule has 0 bridgehead atoms. The van der Waals surface area contributed by atoms with Gasteiger partial charge in [0.25, 0.3) is 0 Å². The van der Waals surface area contributed by atoms with Gasteiger partial charge in [-0.05, 0) is 49.0 Å². The van der Waals surface area contributed by atoms with Crippen LogP contribution in [-0.4, -0.2) is 12.8 Å². The number of hydrogen-bond acceptors (Lipinski definition) is 2. The molecule has 100 valence electrons. The first-order valence-corrected chi connectivity index (χ1v) is 8.16. The molecule has 0 spiro atoms. The molecule has 0 aromatic heterocycles. The summed E-state index contributed by atoms with van der Waals surface area (Å²) in [5.74, 6) is 0.986. The lowest BCUT2D eigenvalue weighted by Gasteiger charge is -2.16. The van der Waals surface area contributed by atoms with Gasteiger partial charge in [0, 0.05) is 26.2 Å². The maximum absolute atomic E-state index is 5.92. The van der Waals surface area contributed by atoms with Crippen LogP contribution in [0, 0.1) is 0 Å². The molecular weight excluding hydrogens is 342 g/mol. The predicted octanol–water partition coefficient (Wildman–Crippen LogP) is 5.16. The van der Waals surface area contributed by atoms with Crippen LogP contribution in [-0.2, 0) is 0 Å². The van der Waals surface area contributed by atoms with E-state index in [1.807, 2.05) is 30.9 Å². The van der Waals surface area contributed by atoms with Crippen LogP contribution in [0.3, 0.4) is 0 Å². The second-order valence-corrected chi connectivity index (χ2v) is 6.60. The first-order valence-electron chi connectivity index (χ1n) is 6.00. The summed E-state index contributed by atoms with van der Waals surface area (Å²) in [7, 11) is 1.99. The zero-order valence-corrected chi connectivity index (χ0v) is 13.7. The molecule has 1 nitrogen and oxygen atoms in total. The molecule has 0 aliphatic carbocycles. The smallest absolute Gasteiger partial charge is 0.0412 e. The third-order valence-electron chi connectivity index (χ3n) is 2.85. The molecule has 19 heavy (non-hydrogen) atoms. The summed E-state index contributed by atoms with van der Waals surface area (Å²) in [6, 6.07) is 16.7. The number of thioether (sulfide) groups is 1. The second-order valence-electron chi connectivity index (χ2n) is 4.16. The van der Waals surface area contributed by atoms with E-state index in [4.69, 9.17) is 11.6 Å². The van der Waals surface area contributed by atoms with Crippen LogP contribution < -0.4 is 5.32 Å². The van der Waals surface area contributed by atoms with Crippen LogP contribution in [0.4, 0.5) is 0 Å². The normalized spacial score (nSPS) is 12.4. The predicted molar refractivity (Wildman–Crippen MR) is 88.1 cm³/mol. The van der Waals surface area contributed by atoms with Crippen LogP contribution in [0.15, 0.2) is 57.9 Å². The van der Waals surface area contributed by atoms with Crippen LogP contribution >= 0.6 is 39.3 Å². The second kappa shape index (κ2) is 7.34. The van der Waals surface area contributed by atoms with Crippen molar-refractivity contribution < 1.29 is 0 Å². The van der Waals surface area contributed by atoms with Gasteiger partial charge in [0.1, 0.15) is 0 Å². The maximum Gasteiger partial charge on any atom is 0.0412 e. The van der Waals surface area contributed by atoms with Gasteiger partial charge in [-0.2, -0.15) is 0 Å². The molecule has 4 heteroatoms. The van der Waals surface area contributed by atoms with E-state index in [1.54, 1.807) is 0 Å². The Morgan fingerprint density at radius 3 is 2.32 bits per heavy atom. The molecule has 1 unspecified atom stereocenters. The molecule has 0 amide bonds. The third-order valence-corrected chi connectivity index (χ3v) is 4.74. The Balaban J connectivity index is 1.99. The minimum absolute atomic E-state index is 0.325. The lowest BCUT2D eigenvalue weighted by atomic mass is 10.1. The minimum atomic E-state index is 0.325. The molecule has 1 atom stereocenters. The molecule has 0 radical (unpaired) electrons. The molecule has 0 saturated heterocycles. The number of nitrogens with one attached hydrogen (secondary N) is 1. The summed E-state index contributed by atoms with van der Waals surface area (Å²) in [5, 5.41) is 4.12. The molecule has 0 aliphatic rings. The van der Waals surface area contributed by atoms with Crippen LogP contribution in [0.25, 0.3) is 0 Å². The van der Waals surface area contributed by atoms with Crippen molar-refractivity contribution in [1.82, 2.24) is 5.32 Å². The molecule has 1 N–H and O–H groups in total. The average molecular weight is 357 g/mol. The van der Waals surface area contributed by atoms with Crippen molar-refractivity contribution in [1.29, 1.82) is 0 Å². The first-order chi connectivity index (χ1) is 9.19. The molecule has 0 fully saturated rings. The Hall–Kier alpha value is -0.480. The van der Waals surface area contributed by atoms with E-state index >= 15 is 0 Å². The summed E-state index contributed by atoms with van der Waals surface area (Å²) >= 11 is 11.2. The van der Waals surface area contributed by atoms with Gasteiger partial charge < -0.3 is 5.32 Å². The Labute approximate surface area is 131 Å². The SMILES string of the molecule is CNC(CSc1ccc(Br)cc1)c1ccc(Cl)cc1. The summed E-state index contributed by atoms with van der Waals surface area (Å²) in [6.45, 7) is 0. The highest BCUT2D eigenvalue weighted by Crippen LogP contribution is 2.26. The topological polar surface area (TPSA) is 12.0 Å². The fourth-order valence-electron chi connectivity index (χ4n) is 1.75. The van der Waals surface area contributed by atoms with Crippen molar-refractivity contribution in [3.05, 3.63) is 63.6 Å². The van der Waals surface area contributed by atoms with Crippen molar-refractivity contribution in [3.63, 3.8) is 0 Å². The molecule has 0 saturated carbocycles. The maximum atomic E-state index is 5.92. The Bertz CT molecular complexity index is 513. The van der Waals surface area contributed by atoms with Gasteiger partial charge in [0.15, 0.2) is 0 Å². The van der Waals surface area contributed by atoms with E-state index in [0.29, 0.717) is 6.04 Å². The van der Waals surface area contributed by atoms with E-state index < -0.39 is 0 Å². The zero-order valence-electron chi connectivity index (χ0n) is 10.6. The number of halogens is 2. The number of benzene rings is 2. The fourth-order valence-corrected chi connectivity index (χ4v) is 3.19. The average Bonchev–Trinajstić information content (AvgIpc) is 2.43. The number of rotatable bonds is 5. The van der Waals surface area contributed by atoms with Crippen LogP contribution in [0.5, 0.6) is 0 Å². The Morgan fingerprint density at radius 2 is 1.74 bits per heavy atom. The van der Waals surface area contributed by atoms with Crippen LogP contribution in [0.1, 0.15) is 11.6 Å². The van der Waals surface area contributed by atoms with Crippen molar-refractivity contribution >= 4 is 39.3 Å². The van der Waals surface area contributed by atoms with Gasteiger partial charge >= 0.3 is 0 Å². The highest BCUT2D eigenvalue weighted by molar-refractivity contribution is 9.10. The van der Waals surface area contributed by atoms with E-state index in [-0.39, 0.29) is 0 Å². The highest BCUT2D eigenvalue weighted by atomic mass is 79.9. The minimum Gasteiger partial charge on any atom is -0.312 e. The largest absolute Gasteiger partial charge is 0.312 e. The fraction of sp³-hybridized carbons (Fsp3) is 0.200. The molecule has 2 aromatic rings. The lowest BCUT2D eigenvalue weighted by molar-refractivity contribution is 0.662. The van der Waals surface area contributed by atoms with Gasteiger partial charge in [-0.3, -0.25) is 0 Å². The van der Waals surface area contributed by atoms with Crippen molar-refractivity contribution in [2.45, 2.75) is 10.9 Å². The van der Waals surface area contributed by atoms with Gasteiger partial charge in [0.2, 0.25) is 0 Å². The molecular formula is C15H15BrClNS. The number of hydrogen-bond donors (Lipinski definition) is 1.